The van der Waals surface area contributed by atoms with Crippen LogP contribution in [0.5, 0.6) is 0 Å². The lowest BCUT2D eigenvalue weighted by molar-refractivity contribution is -0.122. The Morgan fingerprint density at radius 1 is 1.42 bits per heavy atom. The Labute approximate surface area is 216 Å². The van der Waals surface area contributed by atoms with E-state index in [4.69, 9.17) is 11.5 Å². The number of amides is 1. The van der Waals surface area contributed by atoms with Gasteiger partial charge in [-0.05, 0) is 52.5 Å². The van der Waals surface area contributed by atoms with Crippen molar-refractivity contribution in [2.75, 3.05) is 30.3 Å². The van der Waals surface area contributed by atoms with Crippen LogP contribution in [0.3, 0.4) is 0 Å². The van der Waals surface area contributed by atoms with E-state index in [0.717, 1.165) is 43.8 Å². The monoisotopic (exact) mass is 506 g/mol. The van der Waals surface area contributed by atoms with Crippen LogP contribution < -0.4 is 16.4 Å². The van der Waals surface area contributed by atoms with Crippen LogP contribution in [0.15, 0.2) is 29.9 Å². The van der Waals surface area contributed by atoms with Crippen LogP contribution in [0.2, 0.25) is 0 Å². The third kappa shape index (κ3) is 4.61. The fourth-order valence-electron chi connectivity index (χ4n) is 5.27. The highest BCUT2D eigenvalue weighted by Crippen LogP contribution is 2.47. The minimum Gasteiger partial charge on any atom is -0.389 e. The number of aromatic nitrogens is 2. The molecule has 0 spiro atoms. The molecule has 1 aliphatic carbocycles. The predicted octanol–water partition coefficient (Wildman–Crippen LogP) is 2.99. The van der Waals surface area contributed by atoms with E-state index in [1.807, 2.05) is 0 Å². The van der Waals surface area contributed by atoms with Gasteiger partial charge in [0.1, 0.15) is 16.8 Å². The molecule has 2 aliphatic rings. The summed E-state index contributed by atoms with van der Waals surface area (Å²) in [5.41, 5.74) is 12.7. The normalized spacial score (nSPS) is 23.1. The molecule has 10 heteroatoms. The van der Waals surface area contributed by atoms with Crippen LogP contribution in [0, 0.1) is 11.3 Å². The Balaban J connectivity index is 1.64. The molecular formula is C26H34N8OS. The molecule has 4 rings (SSSR count). The van der Waals surface area contributed by atoms with E-state index in [1.54, 1.807) is 18.3 Å². The van der Waals surface area contributed by atoms with Crippen LogP contribution in [0.25, 0.3) is 0 Å². The van der Waals surface area contributed by atoms with Crippen molar-refractivity contribution in [2.24, 2.45) is 10.7 Å². The SMILES string of the molecule is C=C[C@]1(C(=O)N=C(N)c2ccnc(N3CCCN(C(C)C)C[C@@H]3C)n2)CCCc2sc(N)c(C#N)c21. The Bertz CT molecular complexity index is 1230. The van der Waals surface area contributed by atoms with Gasteiger partial charge in [-0.15, -0.1) is 17.9 Å². The lowest BCUT2D eigenvalue weighted by Crippen LogP contribution is -2.42. The molecular weight excluding hydrogens is 472 g/mol. The summed E-state index contributed by atoms with van der Waals surface area (Å²) in [5.74, 6) is 0.137. The number of hydrogen-bond acceptors (Lipinski definition) is 8. The largest absolute Gasteiger partial charge is 0.389 e. The quantitative estimate of drug-likeness (QED) is 0.359. The van der Waals surface area contributed by atoms with Gasteiger partial charge in [-0.3, -0.25) is 9.69 Å². The second-order valence-corrected chi connectivity index (χ2v) is 10.9. The van der Waals surface area contributed by atoms with Gasteiger partial charge in [-0.25, -0.2) is 9.97 Å². The number of carbonyl (C=O) groups excluding carboxylic acids is 1. The van der Waals surface area contributed by atoms with Crippen molar-refractivity contribution in [3.05, 3.63) is 46.6 Å². The number of aliphatic imine (C=N–C) groups is 1. The van der Waals surface area contributed by atoms with Gasteiger partial charge < -0.3 is 16.4 Å². The lowest BCUT2D eigenvalue weighted by Gasteiger charge is -2.32. The van der Waals surface area contributed by atoms with Crippen molar-refractivity contribution in [3.8, 4) is 6.07 Å². The van der Waals surface area contributed by atoms with Crippen molar-refractivity contribution in [2.45, 2.75) is 64.0 Å². The summed E-state index contributed by atoms with van der Waals surface area (Å²) in [7, 11) is 0. The molecule has 1 amide bonds. The summed E-state index contributed by atoms with van der Waals surface area (Å²) in [4.78, 5) is 32.7. The highest BCUT2D eigenvalue weighted by atomic mass is 32.1. The van der Waals surface area contributed by atoms with Gasteiger partial charge >= 0.3 is 0 Å². The van der Waals surface area contributed by atoms with Crippen molar-refractivity contribution in [3.63, 3.8) is 0 Å². The predicted molar refractivity (Wildman–Crippen MR) is 144 cm³/mol. The zero-order chi connectivity index (χ0) is 26.0. The summed E-state index contributed by atoms with van der Waals surface area (Å²) in [6.07, 6.45) is 6.28. The summed E-state index contributed by atoms with van der Waals surface area (Å²) < 4.78 is 0. The first-order valence-corrected chi connectivity index (χ1v) is 13.2. The number of aryl methyl sites for hydroxylation is 1. The number of nitrogens with zero attached hydrogens (tertiary/aromatic N) is 6. The number of anilines is 2. The van der Waals surface area contributed by atoms with E-state index in [2.05, 4.69) is 58.2 Å². The van der Waals surface area contributed by atoms with E-state index in [9.17, 15) is 10.1 Å². The van der Waals surface area contributed by atoms with E-state index < -0.39 is 11.3 Å². The summed E-state index contributed by atoms with van der Waals surface area (Å²) >= 11 is 1.36. The zero-order valence-corrected chi connectivity index (χ0v) is 22.0. The molecule has 36 heavy (non-hydrogen) atoms. The first kappa shape index (κ1) is 25.8. The molecule has 0 unspecified atom stereocenters. The molecule has 0 saturated carbocycles. The highest BCUT2D eigenvalue weighted by molar-refractivity contribution is 7.16. The van der Waals surface area contributed by atoms with Crippen molar-refractivity contribution in [1.82, 2.24) is 14.9 Å². The van der Waals surface area contributed by atoms with E-state index in [-0.39, 0.29) is 11.9 Å². The number of hydrogen-bond donors (Lipinski definition) is 2. The van der Waals surface area contributed by atoms with Crippen LogP contribution >= 0.6 is 11.3 Å². The average Bonchev–Trinajstić information content (AvgIpc) is 3.07. The maximum Gasteiger partial charge on any atom is 0.262 e. The number of carbonyl (C=O) groups is 1. The lowest BCUT2D eigenvalue weighted by atomic mass is 9.70. The molecule has 2 aromatic heterocycles. The molecule has 4 N–H and O–H groups in total. The van der Waals surface area contributed by atoms with Gasteiger partial charge in [0.15, 0.2) is 5.84 Å². The van der Waals surface area contributed by atoms with Gasteiger partial charge in [0.2, 0.25) is 5.95 Å². The second-order valence-electron chi connectivity index (χ2n) is 9.81. The summed E-state index contributed by atoms with van der Waals surface area (Å²) in [6.45, 7) is 13.3. The third-order valence-corrected chi connectivity index (χ3v) is 8.34. The number of nitrogen functional groups attached to an aromatic ring is 1. The number of thiophene rings is 1. The van der Waals surface area contributed by atoms with Crippen LogP contribution in [0.4, 0.5) is 10.9 Å². The molecule has 1 saturated heterocycles. The maximum absolute atomic E-state index is 13.6. The van der Waals surface area contributed by atoms with Crippen LogP contribution in [-0.2, 0) is 16.6 Å². The number of nitriles is 1. The molecule has 3 heterocycles. The highest BCUT2D eigenvalue weighted by Gasteiger charge is 2.44. The van der Waals surface area contributed by atoms with Crippen LogP contribution in [-0.4, -0.2) is 58.3 Å². The molecule has 9 nitrogen and oxygen atoms in total. The van der Waals surface area contributed by atoms with E-state index >= 15 is 0 Å². The fourth-order valence-corrected chi connectivity index (χ4v) is 6.42. The van der Waals surface area contributed by atoms with Gasteiger partial charge in [0.25, 0.3) is 5.91 Å². The Hall–Kier alpha value is -3.29. The minimum atomic E-state index is -1.13. The Morgan fingerprint density at radius 3 is 2.89 bits per heavy atom. The molecule has 2 aromatic rings. The summed E-state index contributed by atoms with van der Waals surface area (Å²) in [6, 6.07) is 4.54. The Morgan fingerprint density at radius 2 is 2.19 bits per heavy atom. The molecule has 1 fully saturated rings. The molecule has 0 bridgehead atoms. The number of amidine groups is 1. The van der Waals surface area contributed by atoms with Gasteiger partial charge in [-0.2, -0.15) is 10.3 Å². The van der Waals surface area contributed by atoms with Gasteiger partial charge in [0.05, 0.1) is 11.0 Å². The first-order valence-electron chi connectivity index (χ1n) is 12.4. The first-order chi connectivity index (χ1) is 17.2. The smallest absolute Gasteiger partial charge is 0.262 e. The molecule has 0 radical (unpaired) electrons. The molecule has 0 aromatic carbocycles. The maximum atomic E-state index is 13.6. The number of rotatable bonds is 5. The Kier molecular flexibility index (Phi) is 7.43. The standard InChI is InChI=1S/C26H34N8OS/c1-5-26(10-6-8-20-21(26)18(14-27)23(29)36-20)24(35)32-22(28)19-9-11-30-25(31-19)34-13-7-12-33(16(2)3)15-17(34)4/h5,9,11,16-17H,1,6-8,10,12-13,15,29H2,2-4H3,(H2,28,32,35)/t17-,26-/m0/s1. The zero-order valence-electron chi connectivity index (χ0n) is 21.2. The summed E-state index contributed by atoms with van der Waals surface area (Å²) in [5, 5.41) is 10.1. The minimum absolute atomic E-state index is 0.0185. The van der Waals surface area contributed by atoms with E-state index in [0.29, 0.717) is 40.2 Å². The second kappa shape index (κ2) is 10.4. The van der Waals surface area contributed by atoms with Crippen molar-refractivity contribution in [1.29, 1.82) is 5.26 Å². The van der Waals surface area contributed by atoms with Crippen LogP contribution in [0.1, 0.15) is 61.7 Å². The average molecular weight is 507 g/mol. The van der Waals surface area contributed by atoms with Crippen molar-refractivity contribution < 1.29 is 4.79 Å². The van der Waals surface area contributed by atoms with E-state index in [1.165, 1.54) is 11.3 Å². The molecule has 2 atom stereocenters. The topological polar surface area (TPSA) is 138 Å². The van der Waals surface area contributed by atoms with Crippen molar-refractivity contribution >= 4 is 34.0 Å². The fraction of sp³-hybridized carbons (Fsp3) is 0.500. The molecule has 1 aliphatic heterocycles. The van der Waals surface area contributed by atoms with Gasteiger partial charge in [-0.1, -0.05) is 6.08 Å². The number of fused-ring (bicyclic) bond motifs is 1. The third-order valence-electron chi connectivity index (χ3n) is 7.26. The van der Waals surface area contributed by atoms with Gasteiger partial charge in [0, 0.05) is 48.4 Å². The number of nitrogens with two attached hydrogens (primary N) is 2. The molecule has 190 valence electrons.